The highest BCUT2D eigenvalue weighted by molar-refractivity contribution is 4.48. The molecule has 2 heteroatoms. The van der Waals surface area contributed by atoms with E-state index in [1.165, 1.54) is 6.42 Å². The van der Waals surface area contributed by atoms with E-state index in [1.807, 2.05) is 13.8 Å². The van der Waals surface area contributed by atoms with Crippen LogP contribution in [0.15, 0.2) is 0 Å². The molecular formula is C9H24N2. The lowest BCUT2D eigenvalue weighted by Gasteiger charge is -2.08. The predicted octanol–water partition coefficient (Wildman–Crippen LogP) is 1.57. The summed E-state index contributed by atoms with van der Waals surface area (Å²) in [5.41, 5.74) is 0. The molecule has 0 aliphatic carbocycles. The van der Waals surface area contributed by atoms with Crippen molar-refractivity contribution in [1.82, 2.24) is 10.2 Å². The fourth-order valence-electron chi connectivity index (χ4n) is 0.604. The van der Waals surface area contributed by atoms with Gasteiger partial charge in [-0.05, 0) is 27.1 Å². The molecule has 0 aromatic rings. The molecule has 0 rings (SSSR count). The first-order valence-corrected chi connectivity index (χ1v) is 4.62. The van der Waals surface area contributed by atoms with Gasteiger partial charge < -0.3 is 10.2 Å². The van der Waals surface area contributed by atoms with Crippen LogP contribution in [-0.4, -0.2) is 38.6 Å². The lowest BCUT2D eigenvalue weighted by molar-refractivity contribution is 0.400. The Morgan fingerprint density at radius 2 is 1.64 bits per heavy atom. The molecule has 70 valence electrons. The Hall–Kier alpha value is -0.0800. The van der Waals surface area contributed by atoms with Crippen molar-refractivity contribution in [2.75, 3.05) is 33.7 Å². The van der Waals surface area contributed by atoms with Gasteiger partial charge in [-0.2, -0.15) is 0 Å². The van der Waals surface area contributed by atoms with E-state index < -0.39 is 0 Å². The summed E-state index contributed by atoms with van der Waals surface area (Å²) >= 11 is 0. The van der Waals surface area contributed by atoms with Crippen molar-refractivity contribution >= 4 is 0 Å². The molecule has 0 aromatic carbocycles. The standard InChI is InChI=1S/C7H18N2.C2H6/c1-4-5-8-6-7-9(2)3;1-2/h8H,4-7H2,1-3H3;1-2H3. The van der Waals surface area contributed by atoms with Crippen molar-refractivity contribution in [1.29, 1.82) is 0 Å². The summed E-state index contributed by atoms with van der Waals surface area (Å²) < 4.78 is 0. The van der Waals surface area contributed by atoms with Crippen LogP contribution in [0.1, 0.15) is 27.2 Å². The smallest absolute Gasteiger partial charge is 0.0101 e. The zero-order valence-corrected chi connectivity index (χ0v) is 8.78. The number of hydrogen-bond acceptors (Lipinski definition) is 2. The van der Waals surface area contributed by atoms with Gasteiger partial charge in [0.1, 0.15) is 0 Å². The molecule has 0 saturated carbocycles. The minimum absolute atomic E-state index is 1.11. The molecule has 11 heavy (non-hydrogen) atoms. The second-order valence-corrected chi connectivity index (χ2v) is 2.55. The van der Waals surface area contributed by atoms with Crippen LogP contribution < -0.4 is 5.32 Å². The summed E-state index contributed by atoms with van der Waals surface area (Å²) in [5, 5.41) is 3.32. The maximum atomic E-state index is 3.32. The van der Waals surface area contributed by atoms with Gasteiger partial charge in [0.2, 0.25) is 0 Å². The summed E-state index contributed by atoms with van der Waals surface area (Å²) in [5.74, 6) is 0. The highest BCUT2D eigenvalue weighted by atomic mass is 15.1. The lowest BCUT2D eigenvalue weighted by atomic mass is 10.4. The average molecular weight is 160 g/mol. The second-order valence-electron chi connectivity index (χ2n) is 2.55. The molecular weight excluding hydrogens is 136 g/mol. The number of rotatable bonds is 5. The van der Waals surface area contributed by atoms with Crippen molar-refractivity contribution in [2.45, 2.75) is 27.2 Å². The van der Waals surface area contributed by atoms with Crippen molar-refractivity contribution in [3.63, 3.8) is 0 Å². The van der Waals surface area contributed by atoms with Crippen LogP contribution in [0.3, 0.4) is 0 Å². The molecule has 0 heterocycles. The summed E-state index contributed by atoms with van der Waals surface area (Å²) in [4.78, 5) is 2.18. The number of hydrogen-bond donors (Lipinski definition) is 1. The monoisotopic (exact) mass is 160 g/mol. The highest BCUT2D eigenvalue weighted by Gasteiger charge is 1.86. The molecule has 0 saturated heterocycles. The van der Waals surface area contributed by atoms with Gasteiger partial charge in [-0.1, -0.05) is 20.8 Å². The van der Waals surface area contributed by atoms with Gasteiger partial charge in [-0.3, -0.25) is 0 Å². The SMILES string of the molecule is CC.CCCNCCN(C)C. The number of nitrogens with zero attached hydrogens (tertiary/aromatic N) is 1. The number of nitrogens with one attached hydrogen (secondary N) is 1. The first-order chi connectivity index (χ1) is 5.27. The fourth-order valence-corrected chi connectivity index (χ4v) is 0.604. The van der Waals surface area contributed by atoms with Gasteiger partial charge in [-0.15, -0.1) is 0 Å². The van der Waals surface area contributed by atoms with E-state index in [4.69, 9.17) is 0 Å². The van der Waals surface area contributed by atoms with E-state index in [0.29, 0.717) is 0 Å². The maximum absolute atomic E-state index is 3.32. The molecule has 0 radical (unpaired) electrons. The van der Waals surface area contributed by atoms with Crippen molar-refractivity contribution in [3.8, 4) is 0 Å². The topological polar surface area (TPSA) is 15.3 Å². The summed E-state index contributed by atoms with van der Waals surface area (Å²) in [6.07, 6.45) is 1.23. The third-order valence-electron chi connectivity index (χ3n) is 1.16. The quantitative estimate of drug-likeness (QED) is 0.614. The Kier molecular flexibility index (Phi) is 15.4. The lowest BCUT2D eigenvalue weighted by Crippen LogP contribution is -2.26. The van der Waals surface area contributed by atoms with Crippen LogP contribution in [0, 0.1) is 0 Å². The van der Waals surface area contributed by atoms with E-state index in [2.05, 4.69) is 31.2 Å². The molecule has 1 N–H and O–H groups in total. The van der Waals surface area contributed by atoms with Gasteiger partial charge in [0.05, 0.1) is 0 Å². The van der Waals surface area contributed by atoms with Crippen LogP contribution in [0.25, 0.3) is 0 Å². The Labute approximate surface area is 72.0 Å². The van der Waals surface area contributed by atoms with Gasteiger partial charge in [0.15, 0.2) is 0 Å². The Bertz CT molecular complexity index is 53.5. The second kappa shape index (κ2) is 12.6. The van der Waals surface area contributed by atoms with Crippen molar-refractivity contribution in [3.05, 3.63) is 0 Å². The first-order valence-electron chi connectivity index (χ1n) is 4.62. The number of likely N-dealkylation sites (N-methyl/N-ethyl adjacent to an activating group) is 1. The molecule has 0 fully saturated rings. The molecule has 0 aromatic heterocycles. The fraction of sp³-hybridized carbons (Fsp3) is 1.00. The van der Waals surface area contributed by atoms with Crippen LogP contribution in [0.5, 0.6) is 0 Å². The normalized spacial score (nSPS) is 9.27. The molecule has 0 unspecified atom stereocenters. The van der Waals surface area contributed by atoms with E-state index >= 15 is 0 Å². The van der Waals surface area contributed by atoms with E-state index in [1.54, 1.807) is 0 Å². The minimum atomic E-state index is 1.11. The van der Waals surface area contributed by atoms with Crippen LogP contribution in [0.2, 0.25) is 0 Å². The molecule has 0 spiro atoms. The largest absolute Gasteiger partial charge is 0.315 e. The third kappa shape index (κ3) is 17.8. The summed E-state index contributed by atoms with van der Waals surface area (Å²) in [6, 6.07) is 0. The van der Waals surface area contributed by atoms with Gasteiger partial charge in [0, 0.05) is 13.1 Å². The summed E-state index contributed by atoms with van der Waals surface area (Å²) in [7, 11) is 4.18. The summed E-state index contributed by atoms with van der Waals surface area (Å²) in [6.45, 7) is 9.58. The highest BCUT2D eigenvalue weighted by Crippen LogP contribution is 1.72. The van der Waals surface area contributed by atoms with Crippen LogP contribution >= 0.6 is 0 Å². The van der Waals surface area contributed by atoms with E-state index in [0.717, 1.165) is 19.6 Å². The average Bonchev–Trinajstić information content (AvgIpc) is 2.02. The molecule has 0 aliphatic heterocycles. The van der Waals surface area contributed by atoms with Gasteiger partial charge in [-0.25, -0.2) is 0 Å². The van der Waals surface area contributed by atoms with Crippen molar-refractivity contribution < 1.29 is 0 Å². The maximum Gasteiger partial charge on any atom is 0.0101 e. The minimum Gasteiger partial charge on any atom is -0.315 e. The molecule has 0 amide bonds. The van der Waals surface area contributed by atoms with Crippen molar-refractivity contribution in [2.24, 2.45) is 0 Å². The first kappa shape index (κ1) is 13.5. The Morgan fingerprint density at radius 1 is 1.09 bits per heavy atom. The van der Waals surface area contributed by atoms with Gasteiger partial charge in [0.25, 0.3) is 0 Å². The third-order valence-corrected chi connectivity index (χ3v) is 1.16. The molecule has 0 bridgehead atoms. The molecule has 2 nitrogen and oxygen atoms in total. The van der Waals surface area contributed by atoms with Gasteiger partial charge >= 0.3 is 0 Å². The van der Waals surface area contributed by atoms with Crippen LogP contribution in [0.4, 0.5) is 0 Å². The van der Waals surface area contributed by atoms with Crippen LogP contribution in [-0.2, 0) is 0 Å². The Balaban J connectivity index is 0. The molecule has 0 atom stereocenters. The molecule has 0 aliphatic rings. The zero-order chi connectivity index (χ0) is 9.11. The Morgan fingerprint density at radius 3 is 2.00 bits per heavy atom. The van der Waals surface area contributed by atoms with E-state index in [-0.39, 0.29) is 0 Å². The zero-order valence-electron chi connectivity index (χ0n) is 8.78. The van der Waals surface area contributed by atoms with E-state index in [9.17, 15) is 0 Å². The predicted molar refractivity (Wildman–Crippen MR) is 53.1 cm³/mol.